The van der Waals surface area contributed by atoms with Gasteiger partial charge in [-0.25, -0.2) is 4.79 Å². The predicted octanol–water partition coefficient (Wildman–Crippen LogP) is 1.81. The fourth-order valence-electron chi connectivity index (χ4n) is 2.69. The third-order valence-electron chi connectivity index (χ3n) is 4.20. The summed E-state index contributed by atoms with van der Waals surface area (Å²) in [4.78, 5) is 41.1. The van der Waals surface area contributed by atoms with Crippen LogP contribution in [0.25, 0.3) is 11.3 Å². The molecule has 0 bridgehead atoms. The van der Waals surface area contributed by atoms with E-state index in [0.717, 1.165) is 0 Å². The number of carboxylic acid groups (broad SMARTS) is 1. The monoisotopic (exact) mass is 385 g/mol. The number of hydrogen-bond acceptors (Lipinski definition) is 5. The van der Waals surface area contributed by atoms with Crippen LogP contribution in [0, 0.1) is 0 Å². The topological polar surface area (TPSA) is 109 Å². The van der Waals surface area contributed by atoms with E-state index in [0.29, 0.717) is 22.6 Å². The molecule has 2 aromatic rings. The second-order valence-electron chi connectivity index (χ2n) is 6.13. The van der Waals surface area contributed by atoms with Crippen LogP contribution < -0.4 is 10.1 Å². The van der Waals surface area contributed by atoms with Gasteiger partial charge < -0.3 is 20.1 Å². The highest BCUT2D eigenvalue weighted by Gasteiger charge is 2.27. The fraction of sp³-hybridized carbons (Fsp3) is 0.300. The van der Waals surface area contributed by atoms with Crippen molar-refractivity contribution in [2.75, 3.05) is 20.2 Å². The van der Waals surface area contributed by atoms with Crippen LogP contribution >= 0.6 is 0 Å². The number of nitrogens with one attached hydrogen (secondary N) is 1. The predicted molar refractivity (Wildman–Crippen MR) is 103 cm³/mol. The molecule has 1 aromatic carbocycles. The summed E-state index contributed by atoms with van der Waals surface area (Å²) in [5, 5.41) is 11.9. The molecule has 1 heterocycles. The van der Waals surface area contributed by atoms with E-state index in [9.17, 15) is 19.5 Å². The minimum Gasteiger partial charge on any atom is -0.496 e. The SMILES string of the molecule is COc1ccc(C(=O)N(CCNC(C)=O)C(C)C(=O)O)cc1-c1ccccn1. The Labute approximate surface area is 163 Å². The van der Waals surface area contributed by atoms with Gasteiger partial charge >= 0.3 is 5.97 Å². The van der Waals surface area contributed by atoms with Gasteiger partial charge in [-0.05, 0) is 37.3 Å². The minimum atomic E-state index is -1.13. The van der Waals surface area contributed by atoms with Crippen molar-refractivity contribution in [3.05, 3.63) is 48.2 Å². The number of aliphatic carboxylic acids is 1. The zero-order valence-corrected chi connectivity index (χ0v) is 16.0. The molecule has 0 saturated heterocycles. The van der Waals surface area contributed by atoms with Crippen LogP contribution in [0.3, 0.4) is 0 Å². The van der Waals surface area contributed by atoms with E-state index < -0.39 is 17.9 Å². The quantitative estimate of drug-likeness (QED) is 0.717. The van der Waals surface area contributed by atoms with Gasteiger partial charge in [-0.2, -0.15) is 0 Å². The first kappa shape index (κ1) is 20.9. The maximum atomic E-state index is 13.0. The van der Waals surface area contributed by atoms with Gasteiger partial charge in [0.1, 0.15) is 11.8 Å². The second kappa shape index (κ2) is 9.50. The molecule has 0 spiro atoms. The van der Waals surface area contributed by atoms with E-state index >= 15 is 0 Å². The Bertz CT molecular complexity index is 854. The van der Waals surface area contributed by atoms with Crippen molar-refractivity contribution in [3.63, 3.8) is 0 Å². The Hall–Kier alpha value is -3.42. The average Bonchev–Trinajstić information content (AvgIpc) is 2.70. The summed E-state index contributed by atoms with van der Waals surface area (Å²) in [6.45, 7) is 3.01. The van der Waals surface area contributed by atoms with Crippen LogP contribution in [0.15, 0.2) is 42.6 Å². The number of rotatable bonds is 8. The lowest BCUT2D eigenvalue weighted by molar-refractivity contribution is -0.141. The summed E-state index contributed by atoms with van der Waals surface area (Å²) >= 11 is 0. The van der Waals surface area contributed by atoms with Gasteiger partial charge in [-0.3, -0.25) is 14.6 Å². The molecule has 8 heteroatoms. The molecule has 0 saturated carbocycles. The molecule has 1 unspecified atom stereocenters. The normalized spacial score (nSPS) is 11.4. The molecule has 28 heavy (non-hydrogen) atoms. The summed E-state index contributed by atoms with van der Waals surface area (Å²) < 4.78 is 5.37. The summed E-state index contributed by atoms with van der Waals surface area (Å²) in [6, 6.07) is 9.19. The van der Waals surface area contributed by atoms with Crippen LogP contribution in [-0.4, -0.2) is 59.0 Å². The molecule has 0 aliphatic carbocycles. The van der Waals surface area contributed by atoms with Crippen molar-refractivity contribution >= 4 is 17.8 Å². The Morgan fingerprint density at radius 1 is 1.25 bits per heavy atom. The molecule has 2 rings (SSSR count). The molecule has 8 nitrogen and oxygen atoms in total. The molecule has 1 atom stereocenters. The number of aromatic nitrogens is 1. The third-order valence-corrected chi connectivity index (χ3v) is 4.20. The summed E-state index contributed by atoms with van der Waals surface area (Å²) in [6.07, 6.45) is 1.63. The molecule has 1 aromatic heterocycles. The Morgan fingerprint density at radius 3 is 2.57 bits per heavy atom. The molecule has 0 aliphatic rings. The van der Waals surface area contributed by atoms with Gasteiger partial charge in [0.25, 0.3) is 5.91 Å². The van der Waals surface area contributed by atoms with Gasteiger partial charge in [0.15, 0.2) is 0 Å². The molecule has 0 aliphatic heterocycles. The average molecular weight is 385 g/mol. The van der Waals surface area contributed by atoms with Gasteiger partial charge in [-0.15, -0.1) is 0 Å². The van der Waals surface area contributed by atoms with Gasteiger partial charge in [0.2, 0.25) is 5.91 Å². The van der Waals surface area contributed by atoms with E-state index in [1.54, 1.807) is 36.5 Å². The maximum Gasteiger partial charge on any atom is 0.326 e. The molecular formula is C20H23N3O5. The van der Waals surface area contributed by atoms with Gasteiger partial charge in [0, 0.05) is 37.3 Å². The van der Waals surface area contributed by atoms with Crippen LogP contribution in [-0.2, 0) is 9.59 Å². The zero-order valence-electron chi connectivity index (χ0n) is 16.0. The van der Waals surface area contributed by atoms with Crippen LogP contribution in [0.5, 0.6) is 5.75 Å². The first-order valence-electron chi connectivity index (χ1n) is 8.72. The van der Waals surface area contributed by atoms with Crippen molar-refractivity contribution in [1.29, 1.82) is 0 Å². The lowest BCUT2D eigenvalue weighted by Gasteiger charge is -2.27. The number of amides is 2. The fourth-order valence-corrected chi connectivity index (χ4v) is 2.69. The van der Waals surface area contributed by atoms with Crippen molar-refractivity contribution < 1.29 is 24.2 Å². The van der Waals surface area contributed by atoms with Crippen LogP contribution in [0.4, 0.5) is 0 Å². The van der Waals surface area contributed by atoms with Gasteiger partial charge in [-0.1, -0.05) is 6.07 Å². The molecule has 2 amide bonds. The Kier molecular flexibility index (Phi) is 7.08. The van der Waals surface area contributed by atoms with Crippen molar-refractivity contribution in [1.82, 2.24) is 15.2 Å². The van der Waals surface area contributed by atoms with E-state index in [4.69, 9.17) is 4.74 Å². The molecular weight excluding hydrogens is 362 g/mol. The third kappa shape index (κ3) is 5.06. The first-order chi connectivity index (χ1) is 13.3. The maximum absolute atomic E-state index is 13.0. The number of carbonyl (C=O) groups is 3. The smallest absolute Gasteiger partial charge is 0.326 e. The van der Waals surface area contributed by atoms with Gasteiger partial charge in [0.05, 0.1) is 12.8 Å². The summed E-state index contributed by atoms with van der Waals surface area (Å²) in [5.74, 6) is -1.29. The summed E-state index contributed by atoms with van der Waals surface area (Å²) in [7, 11) is 1.52. The van der Waals surface area contributed by atoms with Crippen LogP contribution in [0.1, 0.15) is 24.2 Å². The molecule has 0 radical (unpaired) electrons. The van der Waals surface area contributed by atoms with Crippen molar-refractivity contribution in [2.45, 2.75) is 19.9 Å². The van der Waals surface area contributed by atoms with E-state index in [1.807, 2.05) is 6.07 Å². The highest BCUT2D eigenvalue weighted by Crippen LogP contribution is 2.30. The lowest BCUT2D eigenvalue weighted by Crippen LogP contribution is -2.46. The Morgan fingerprint density at radius 2 is 2.00 bits per heavy atom. The zero-order chi connectivity index (χ0) is 20.7. The lowest BCUT2D eigenvalue weighted by atomic mass is 10.0. The summed E-state index contributed by atoms with van der Waals surface area (Å²) in [5.41, 5.74) is 1.56. The van der Waals surface area contributed by atoms with E-state index in [1.165, 1.54) is 25.9 Å². The standard InChI is InChI=1S/C20H23N3O5/c1-13(20(26)27)23(11-10-21-14(2)24)19(25)15-7-8-18(28-3)16(12-15)17-6-4-5-9-22-17/h4-9,12-13H,10-11H2,1-3H3,(H,21,24)(H,26,27). The highest BCUT2D eigenvalue weighted by atomic mass is 16.5. The molecule has 2 N–H and O–H groups in total. The first-order valence-corrected chi connectivity index (χ1v) is 8.72. The number of nitrogens with zero attached hydrogens (tertiary/aromatic N) is 2. The minimum absolute atomic E-state index is 0.0663. The van der Waals surface area contributed by atoms with Crippen LogP contribution in [0.2, 0.25) is 0 Å². The number of carboxylic acids is 1. The van der Waals surface area contributed by atoms with E-state index in [-0.39, 0.29) is 19.0 Å². The van der Waals surface area contributed by atoms with E-state index in [2.05, 4.69) is 10.3 Å². The highest BCUT2D eigenvalue weighted by molar-refractivity contribution is 5.98. The number of carbonyl (C=O) groups excluding carboxylic acids is 2. The number of pyridine rings is 1. The molecule has 0 fully saturated rings. The largest absolute Gasteiger partial charge is 0.496 e. The number of benzene rings is 1. The van der Waals surface area contributed by atoms with Crippen molar-refractivity contribution in [2.24, 2.45) is 0 Å². The molecule has 148 valence electrons. The number of methoxy groups -OCH3 is 1. The number of ether oxygens (including phenoxy) is 1. The Balaban J connectivity index is 2.37. The second-order valence-corrected chi connectivity index (χ2v) is 6.13. The number of hydrogen-bond donors (Lipinski definition) is 2. The van der Waals surface area contributed by atoms with Crippen molar-refractivity contribution in [3.8, 4) is 17.0 Å².